The molecule has 1 aromatic carbocycles. The molecule has 0 aliphatic rings. The number of carbonyl (C=O) groups is 3. The topological polar surface area (TPSA) is 81.7 Å². The van der Waals surface area contributed by atoms with E-state index >= 15 is 0 Å². The molecular weight excluding hydrogens is 371 g/mol. The molecule has 1 unspecified atom stereocenters. The van der Waals surface area contributed by atoms with Crippen LogP contribution in [-0.4, -0.2) is 52.0 Å². The predicted molar refractivity (Wildman–Crippen MR) is 89.1 cm³/mol. The Kier molecular flexibility index (Phi) is 6.96. The molecule has 1 rings (SSSR count). The predicted octanol–water partition coefficient (Wildman–Crippen LogP) is 1.15. The minimum Gasteiger partial charge on any atom is -0.468 e. The van der Waals surface area contributed by atoms with E-state index in [0.29, 0.717) is 5.19 Å². The van der Waals surface area contributed by atoms with Gasteiger partial charge in [0.1, 0.15) is 8.07 Å². The standard InChI is InChI=1S/C16H20F3NO5Si/c1-24-13(21)11(14(22)25-2)12(20-15(23)16(17,18)19)26(3,4)10-8-6-5-7-9-10/h5-9,11-12H,1-4H3,(H,20,23). The fourth-order valence-electron chi connectivity index (χ4n) is 2.57. The number of ether oxygens (including phenoxy) is 2. The fourth-order valence-corrected chi connectivity index (χ4v) is 5.58. The Bertz CT molecular complexity index is 648. The third-order valence-electron chi connectivity index (χ3n) is 4.08. The average Bonchev–Trinajstić information content (AvgIpc) is 2.60. The van der Waals surface area contributed by atoms with E-state index in [1.54, 1.807) is 43.4 Å². The lowest BCUT2D eigenvalue weighted by molar-refractivity contribution is -0.175. The van der Waals surface area contributed by atoms with Crippen molar-refractivity contribution in [1.29, 1.82) is 0 Å². The van der Waals surface area contributed by atoms with Crippen molar-refractivity contribution in [2.75, 3.05) is 14.2 Å². The third kappa shape index (κ3) is 4.84. The maximum atomic E-state index is 12.8. The van der Waals surface area contributed by atoms with Gasteiger partial charge in [0.2, 0.25) is 0 Å². The van der Waals surface area contributed by atoms with Gasteiger partial charge in [-0.05, 0) is 0 Å². The van der Waals surface area contributed by atoms with Crippen LogP contribution in [-0.2, 0) is 23.9 Å². The first-order valence-electron chi connectivity index (χ1n) is 7.55. The van der Waals surface area contributed by atoms with Gasteiger partial charge in [-0.1, -0.05) is 48.6 Å². The van der Waals surface area contributed by atoms with Crippen LogP contribution < -0.4 is 10.5 Å². The molecule has 0 aromatic heterocycles. The molecular formula is C16H20F3NO5Si. The van der Waals surface area contributed by atoms with E-state index in [9.17, 15) is 27.6 Å². The Morgan fingerprint density at radius 3 is 1.85 bits per heavy atom. The molecule has 0 fully saturated rings. The number of halogens is 3. The summed E-state index contributed by atoms with van der Waals surface area (Å²) in [6.45, 7) is 3.28. The second kappa shape index (κ2) is 8.34. The number of rotatable bonds is 6. The number of methoxy groups -OCH3 is 2. The molecule has 0 radical (unpaired) electrons. The summed E-state index contributed by atoms with van der Waals surface area (Å²) < 4.78 is 47.5. The maximum absolute atomic E-state index is 12.8. The molecule has 1 atom stereocenters. The number of amides is 1. The Morgan fingerprint density at radius 2 is 1.46 bits per heavy atom. The Balaban J connectivity index is 3.47. The SMILES string of the molecule is COC(=O)C(C(=O)OC)C(NC(=O)C(F)(F)F)[Si](C)(C)c1ccccc1. The molecule has 0 spiro atoms. The van der Waals surface area contributed by atoms with E-state index in [-0.39, 0.29) is 0 Å². The summed E-state index contributed by atoms with van der Waals surface area (Å²) in [7, 11) is -1.01. The summed E-state index contributed by atoms with van der Waals surface area (Å²) in [5, 5.41) is 2.47. The van der Waals surface area contributed by atoms with Gasteiger partial charge in [0.15, 0.2) is 5.92 Å². The number of carbonyl (C=O) groups excluding carboxylic acids is 3. The number of nitrogens with one attached hydrogen (secondary N) is 1. The smallest absolute Gasteiger partial charge is 0.468 e. The first kappa shape index (κ1) is 21.7. The van der Waals surface area contributed by atoms with Gasteiger partial charge in [-0.2, -0.15) is 13.2 Å². The zero-order chi connectivity index (χ0) is 20.1. The molecule has 0 saturated heterocycles. The summed E-state index contributed by atoms with van der Waals surface area (Å²) in [6, 6.07) is 8.42. The van der Waals surface area contributed by atoms with Gasteiger partial charge in [0, 0.05) is 5.67 Å². The number of alkyl halides is 3. The van der Waals surface area contributed by atoms with Crippen molar-refractivity contribution in [3.05, 3.63) is 30.3 Å². The number of esters is 2. The van der Waals surface area contributed by atoms with Gasteiger partial charge in [-0.15, -0.1) is 0 Å². The molecule has 0 saturated carbocycles. The summed E-state index contributed by atoms with van der Waals surface area (Å²) in [5.74, 6) is -6.13. The van der Waals surface area contributed by atoms with Crippen molar-refractivity contribution in [3.63, 3.8) is 0 Å². The lowest BCUT2D eigenvalue weighted by Gasteiger charge is -2.36. The van der Waals surface area contributed by atoms with Crippen LogP contribution in [0.1, 0.15) is 0 Å². The Morgan fingerprint density at radius 1 is 1.00 bits per heavy atom. The lowest BCUT2D eigenvalue weighted by Crippen LogP contribution is -2.67. The second-order valence-corrected chi connectivity index (χ2v) is 10.7. The van der Waals surface area contributed by atoms with Gasteiger partial charge >= 0.3 is 24.0 Å². The van der Waals surface area contributed by atoms with Gasteiger partial charge < -0.3 is 14.8 Å². The van der Waals surface area contributed by atoms with Gasteiger partial charge in [0.25, 0.3) is 0 Å². The summed E-state index contributed by atoms with van der Waals surface area (Å²) in [6.07, 6.45) is -5.17. The van der Waals surface area contributed by atoms with Crippen molar-refractivity contribution < 1.29 is 37.0 Å². The van der Waals surface area contributed by atoms with Crippen molar-refractivity contribution in [1.82, 2.24) is 5.32 Å². The van der Waals surface area contributed by atoms with Crippen LogP contribution in [0.3, 0.4) is 0 Å². The van der Waals surface area contributed by atoms with Crippen LogP contribution in [0.2, 0.25) is 13.1 Å². The zero-order valence-electron chi connectivity index (χ0n) is 14.7. The van der Waals surface area contributed by atoms with Crippen LogP contribution in [0.4, 0.5) is 13.2 Å². The van der Waals surface area contributed by atoms with Crippen LogP contribution in [0.15, 0.2) is 30.3 Å². The number of hydrogen-bond donors (Lipinski definition) is 1. The number of hydrogen-bond acceptors (Lipinski definition) is 5. The van der Waals surface area contributed by atoms with E-state index in [4.69, 9.17) is 0 Å². The molecule has 26 heavy (non-hydrogen) atoms. The molecule has 6 nitrogen and oxygen atoms in total. The molecule has 10 heteroatoms. The van der Waals surface area contributed by atoms with Gasteiger partial charge in [0.05, 0.1) is 14.2 Å². The van der Waals surface area contributed by atoms with Crippen LogP contribution >= 0.6 is 0 Å². The highest BCUT2D eigenvalue weighted by atomic mass is 28.3. The quantitative estimate of drug-likeness (QED) is 0.447. The Hall–Kier alpha value is -2.36. The van der Waals surface area contributed by atoms with Crippen LogP contribution in [0.5, 0.6) is 0 Å². The van der Waals surface area contributed by atoms with Crippen LogP contribution in [0, 0.1) is 5.92 Å². The lowest BCUT2D eigenvalue weighted by atomic mass is 10.1. The van der Waals surface area contributed by atoms with E-state index in [2.05, 4.69) is 9.47 Å². The Labute approximate surface area is 149 Å². The molecule has 1 aromatic rings. The highest BCUT2D eigenvalue weighted by Crippen LogP contribution is 2.23. The highest BCUT2D eigenvalue weighted by molar-refractivity contribution is 6.91. The summed E-state index contributed by atoms with van der Waals surface area (Å²) >= 11 is 0. The van der Waals surface area contributed by atoms with E-state index in [1.165, 1.54) is 0 Å². The third-order valence-corrected chi connectivity index (χ3v) is 7.94. The average molecular weight is 391 g/mol. The number of benzene rings is 1. The van der Waals surface area contributed by atoms with E-state index < -0.39 is 43.7 Å². The first-order valence-corrected chi connectivity index (χ1v) is 10.6. The highest BCUT2D eigenvalue weighted by Gasteiger charge is 2.51. The monoisotopic (exact) mass is 391 g/mol. The van der Waals surface area contributed by atoms with E-state index in [1.807, 2.05) is 5.32 Å². The first-order chi connectivity index (χ1) is 12.0. The largest absolute Gasteiger partial charge is 0.471 e. The molecule has 1 N–H and O–H groups in total. The molecule has 1 amide bonds. The maximum Gasteiger partial charge on any atom is 0.471 e. The zero-order valence-corrected chi connectivity index (χ0v) is 15.7. The minimum absolute atomic E-state index is 0.644. The second-order valence-electron chi connectivity index (χ2n) is 6.06. The van der Waals surface area contributed by atoms with Crippen molar-refractivity contribution >= 4 is 31.1 Å². The molecule has 0 bridgehead atoms. The summed E-state index contributed by atoms with van der Waals surface area (Å²) in [5.41, 5.74) is -1.43. The molecule has 0 heterocycles. The van der Waals surface area contributed by atoms with Crippen molar-refractivity contribution in [2.24, 2.45) is 5.92 Å². The molecule has 144 valence electrons. The molecule has 0 aliphatic carbocycles. The van der Waals surface area contributed by atoms with Gasteiger partial charge in [-0.3, -0.25) is 14.4 Å². The fraction of sp³-hybridized carbons (Fsp3) is 0.438. The minimum atomic E-state index is -5.17. The van der Waals surface area contributed by atoms with Crippen LogP contribution in [0.25, 0.3) is 0 Å². The van der Waals surface area contributed by atoms with E-state index in [0.717, 1.165) is 14.2 Å². The van der Waals surface area contributed by atoms with Crippen molar-refractivity contribution in [3.8, 4) is 0 Å². The molecule has 0 aliphatic heterocycles. The van der Waals surface area contributed by atoms with Crippen molar-refractivity contribution in [2.45, 2.75) is 24.9 Å². The summed E-state index contributed by atoms with van der Waals surface area (Å²) in [4.78, 5) is 35.8. The van der Waals surface area contributed by atoms with Gasteiger partial charge in [-0.25, -0.2) is 0 Å². The normalized spacial score (nSPS) is 13.1.